The number of amides is 1. The Bertz CT molecular complexity index is 908. The lowest BCUT2D eigenvalue weighted by Gasteiger charge is -2.34. The predicted molar refractivity (Wildman–Crippen MR) is 99.7 cm³/mol. The largest absolute Gasteiger partial charge is 0.441 e. The van der Waals surface area contributed by atoms with Crippen molar-refractivity contribution in [1.82, 2.24) is 10.3 Å². The van der Waals surface area contributed by atoms with Gasteiger partial charge in [-0.25, -0.2) is 13.4 Å². The van der Waals surface area contributed by atoms with Gasteiger partial charge in [-0.1, -0.05) is 6.07 Å². The van der Waals surface area contributed by atoms with Crippen LogP contribution < -0.4 is 10.6 Å². The minimum absolute atomic E-state index is 0.259. The molecular weight excluding hydrogens is 354 g/mol. The minimum Gasteiger partial charge on any atom is -0.441 e. The number of anilines is 1. The number of hydrogen-bond donors (Lipinski definition) is 2. The molecule has 0 saturated carbocycles. The van der Waals surface area contributed by atoms with E-state index in [1.54, 1.807) is 18.2 Å². The van der Waals surface area contributed by atoms with Crippen LogP contribution in [0.5, 0.6) is 0 Å². The molecule has 1 saturated heterocycles. The topological polar surface area (TPSA) is 101 Å². The van der Waals surface area contributed by atoms with Crippen molar-refractivity contribution < 1.29 is 17.6 Å². The lowest BCUT2D eigenvalue weighted by atomic mass is 9.95. The molecule has 0 aliphatic carbocycles. The molecule has 3 rings (SSSR count). The highest BCUT2D eigenvalue weighted by Crippen LogP contribution is 2.30. The molecule has 2 N–H and O–H groups in total. The second-order valence-electron chi connectivity index (χ2n) is 6.71. The van der Waals surface area contributed by atoms with E-state index in [9.17, 15) is 13.2 Å². The van der Waals surface area contributed by atoms with Crippen LogP contribution in [-0.4, -0.2) is 43.4 Å². The zero-order chi connectivity index (χ0) is 18.9. The minimum atomic E-state index is -3.55. The van der Waals surface area contributed by atoms with Gasteiger partial charge in [0, 0.05) is 17.5 Å². The maximum absolute atomic E-state index is 12.9. The Labute approximate surface area is 153 Å². The smallest absolute Gasteiger partial charge is 0.245 e. The second-order valence-corrected chi connectivity index (χ2v) is 9.04. The number of carbonyl (C=O) groups excluding carboxylic acids is 1. The van der Waals surface area contributed by atoms with E-state index >= 15 is 0 Å². The van der Waals surface area contributed by atoms with Crippen LogP contribution in [0.4, 0.5) is 5.69 Å². The summed E-state index contributed by atoms with van der Waals surface area (Å²) >= 11 is 0. The van der Waals surface area contributed by atoms with E-state index in [0.29, 0.717) is 24.7 Å². The average molecular weight is 377 g/mol. The van der Waals surface area contributed by atoms with Crippen molar-refractivity contribution in [3.8, 4) is 11.5 Å². The number of hydrogen-bond acceptors (Lipinski definition) is 6. The van der Waals surface area contributed by atoms with Crippen molar-refractivity contribution in [3.63, 3.8) is 0 Å². The van der Waals surface area contributed by atoms with Crippen LogP contribution >= 0.6 is 0 Å². The van der Waals surface area contributed by atoms with E-state index in [1.807, 2.05) is 19.9 Å². The molecule has 0 atom stereocenters. The normalized spacial score (nSPS) is 17.0. The maximum atomic E-state index is 12.9. The Hall–Kier alpha value is -2.19. The molecule has 0 unspecified atom stereocenters. The number of aromatic nitrogens is 1. The molecule has 0 spiro atoms. The third-order valence-corrected chi connectivity index (χ3v) is 6.94. The number of oxazole rings is 1. The van der Waals surface area contributed by atoms with Gasteiger partial charge in [0.05, 0.1) is 5.69 Å². The molecule has 1 amide bonds. The number of nitrogens with one attached hydrogen (secondary N) is 2. The summed E-state index contributed by atoms with van der Waals surface area (Å²) in [6.45, 7) is 4.69. The van der Waals surface area contributed by atoms with Crippen molar-refractivity contribution >= 4 is 21.4 Å². The van der Waals surface area contributed by atoms with Crippen molar-refractivity contribution in [2.75, 3.05) is 24.7 Å². The number of nitrogens with zero attached hydrogens (tertiary/aromatic N) is 1. The second kappa shape index (κ2) is 6.85. The number of piperidine rings is 1. The molecule has 1 aliphatic heterocycles. The molecule has 140 valence electrons. The van der Waals surface area contributed by atoms with E-state index in [1.165, 1.54) is 0 Å². The van der Waals surface area contributed by atoms with Crippen LogP contribution in [0.15, 0.2) is 28.7 Å². The highest BCUT2D eigenvalue weighted by molar-refractivity contribution is 7.92. The number of aryl methyl sites for hydroxylation is 2. The van der Waals surface area contributed by atoms with Gasteiger partial charge in [-0.05, 0) is 58.0 Å². The Kier molecular flexibility index (Phi) is 4.90. The lowest BCUT2D eigenvalue weighted by Crippen LogP contribution is -2.55. The van der Waals surface area contributed by atoms with E-state index in [0.717, 1.165) is 23.3 Å². The number of benzene rings is 1. The Balaban J connectivity index is 1.88. The summed E-state index contributed by atoms with van der Waals surface area (Å²) in [4.78, 5) is 17.2. The van der Waals surface area contributed by atoms with Gasteiger partial charge in [0.15, 0.2) is 14.6 Å². The van der Waals surface area contributed by atoms with Gasteiger partial charge in [-0.2, -0.15) is 0 Å². The highest BCUT2D eigenvalue weighted by atomic mass is 32.2. The number of rotatable bonds is 4. The zero-order valence-electron chi connectivity index (χ0n) is 15.1. The van der Waals surface area contributed by atoms with Crippen molar-refractivity contribution in [2.24, 2.45) is 0 Å². The van der Waals surface area contributed by atoms with Gasteiger partial charge in [0.25, 0.3) is 0 Å². The van der Waals surface area contributed by atoms with Crippen molar-refractivity contribution in [3.05, 3.63) is 35.7 Å². The summed E-state index contributed by atoms with van der Waals surface area (Å²) < 4.78 is 28.9. The van der Waals surface area contributed by atoms with Crippen molar-refractivity contribution in [2.45, 2.75) is 31.4 Å². The molecule has 8 heteroatoms. The number of carbonyl (C=O) groups is 1. The van der Waals surface area contributed by atoms with Crippen LogP contribution in [0, 0.1) is 13.8 Å². The van der Waals surface area contributed by atoms with Gasteiger partial charge < -0.3 is 15.1 Å². The molecule has 0 radical (unpaired) electrons. The lowest BCUT2D eigenvalue weighted by molar-refractivity contribution is -0.119. The first-order valence-electron chi connectivity index (χ1n) is 8.49. The van der Waals surface area contributed by atoms with E-state index < -0.39 is 20.5 Å². The summed E-state index contributed by atoms with van der Waals surface area (Å²) in [5.74, 6) is 0.717. The van der Waals surface area contributed by atoms with E-state index in [-0.39, 0.29) is 12.8 Å². The Morgan fingerprint density at radius 1 is 1.27 bits per heavy atom. The van der Waals surface area contributed by atoms with Crippen LogP contribution in [0.1, 0.15) is 24.3 Å². The molecule has 0 bridgehead atoms. The van der Waals surface area contributed by atoms with E-state index in [4.69, 9.17) is 4.42 Å². The van der Waals surface area contributed by atoms with E-state index in [2.05, 4.69) is 15.6 Å². The van der Waals surface area contributed by atoms with Gasteiger partial charge >= 0.3 is 0 Å². The molecule has 1 aromatic carbocycles. The fourth-order valence-corrected chi connectivity index (χ4v) is 4.50. The average Bonchev–Trinajstić information content (AvgIpc) is 2.94. The molecule has 1 fully saturated rings. The summed E-state index contributed by atoms with van der Waals surface area (Å²) in [5.41, 5.74) is 2.04. The first-order chi connectivity index (χ1) is 12.2. The molecular formula is C18H23N3O4S. The molecule has 2 aromatic rings. The van der Waals surface area contributed by atoms with Gasteiger partial charge in [0.1, 0.15) is 5.76 Å². The standard InChI is InChI=1S/C18H23N3O4S/c1-12-13(2)25-16(20-12)14-5-4-6-15(11-14)21-17(22)18(26(3,23)24)7-9-19-10-8-18/h4-6,11,19H,7-10H2,1-3H3,(H,21,22). The van der Waals surface area contributed by atoms with Crippen LogP contribution in [0.3, 0.4) is 0 Å². The van der Waals surface area contributed by atoms with Crippen LogP contribution in [-0.2, 0) is 14.6 Å². The first kappa shape index (κ1) is 18.6. The quantitative estimate of drug-likeness (QED) is 0.846. The third kappa shape index (κ3) is 3.39. The highest BCUT2D eigenvalue weighted by Gasteiger charge is 2.48. The van der Waals surface area contributed by atoms with Gasteiger partial charge in [0.2, 0.25) is 11.8 Å². The van der Waals surface area contributed by atoms with Crippen LogP contribution in [0.2, 0.25) is 0 Å². The molecule has 1 aliphatic rings. The summed E-state index contributed by atoms with van der Waals surface area (Å²) in [7, 11) is -3.55. The SMILES string of the molecule is Cc1nc(-c2cccc(NC(=O)C3(S(C)(=O)=O)CCNCC3)c2)oc1C. The van der Waals surface area contributed by atoms with Gasteiger partial charge in [-0.3, -0.25) is 4.79 Å². The van der Waals surface area contributed by atoms with Crippen molar-refractivity contribution in [1.29, 1.82) is 0 Å². The fraction of sp³-hybridized carbons (Fsp3) is 0.444. The Morgan fingerprint density at radius 3 is 2.54 bits per heavy atom. The molecule has 1 aromatic heterocycles. The third-order valence-electron chi connectivity index (χ3n) is 4.93. The molecule has 2 heterocycles. The fourth-order valence-electron chi connectivity index (χ4n) is 3.17. The first-order valence-corrected chi connectivity index (χ1v) is 10.4. The summed E-state index contributed by atoms with van der Waals surface area (Å²) in [6.07, 6.45) is 1.65. The molecule has 7 nitrogen and oxygen atoms in total. The zero-order valence-corrected chi connectivity index (χ0v) is 15.9. The summed E-state index contributed by atoms with van der Waals surface area (Å²) in [6, 6.07) is 7.06. The monoisotopic (exact) mass is 377 g/mol. The predicted octanol–water partition coefficient (Wildman–Crippen LogP) is 2.06. The van der Waals surface area contributed by atoms with Gasteiger partial charge in [-0.15, -0.1) is 0 Å². The van der Waals surface area contributed by atoms with Crippen LogP contribution in [0.25, 0.3) is 11.5 Å². The maximum Gasteiger partial charge on any atom is 0.245 e. The summed E-state index contributed by atoms with van der Waals surface area (Å²) in [5, 5.41) is 5.88. The molecule has 26 heavy (non-hydrogen) atoms. The number of sulfone groups is 1. The Morgan fingerprint density at radius 2 is 1.96 bits per heavy atom.